The Morgan fingerprint density at radius 1 is 0.446 bits per heavy atom. The Balaban J connectivity index is 1.57. The summed E-state index contributed by atoms with van der Waals surface area (Å²) in [6.45, 7) is 2.68. The number of ether oxygens (including phenoxy) is 4. The van der Waals surface area contributed by atoms with Gasteiger partial charge in [0.1, 0.15) is 48.8 Å². The van der Waals surface area contributed by atoms with Crippen LogP contribution in [0, 0.1) is 0 Å². The van der Waals surface area contributed by atoms with Gasteiger partial charge in [-0.2, -0.15) is 0 Å². The van der Waals surface area contributed by atoms with Crippen LogP contribution in [0.5, 0.6) is 0 Å². The molecule has 83 heavy (non-hydrogen) atoms. The highest BCUT2D eigenvalue weighted by Gasteiger charge is 2.51. The molecule has 2 fully saturated rings. The standard InChI is InChI=1S/C69H123NO13/c1-3-5-7-9-11-13-15-17-18-19-20-21-22-23-24-25-26-27-28-29-30-31-32-33-34-35-36-37-38-39-40-41-43-45-47-49-51-53-61(74)70-57(58(73)52-50-48-46-44-42-16-14-12-10-8-6-4-2)56-80-68-66(79)64(77)67(60(55-72)82-68)83-69-65(78)63(76)62(75)59(54-71)81-69/h5,7,11,13,17-18,20-21,23-24,50,52,57-60,62-69,71-73,75-79H,3-4,6,8-10,12,14-16,19,22,25-49,51,53-56H2,1-2H3,(H,70,74)/b7-5-,13-11-,18-17-,21-20-,24-23-,52-50+. The molecule has 14 nitrogen and oxygen atoms in total. The molecule has 2 saturated heterocycles. The van der Waals surface area contributed by atoms with E-state index in [4.69, 9.17) is 18.9 Å². The third kappa shape index (κ3) is 38.4. The van der Waals surface area contributed by atoms with E-state index in [9.17, 15) is 45.6 Å². The maximum atomic E-state index is 13.3. The lowest BCUT2D eigenvalue weighted by atomic mass is 9.97. The molecular formula is C69H123NO13. The number of nitrogens with one attached hydrogen (secondary N) is 1. The number of aliphatic hydroxyl groups excluding tert-OH is 8. The van der Waals surface area contributed by atoms with Crippen LogP contribution in [-0.2, 0) is 23.7 Å². The first kappa shape index (κ1) is 76.5. The van der Waals surface area contributed by atoms with Gasteiger partial charge >= 0.3 is 0 Å². The second kappa shape index (κ2) is 53.7. The molecule has 2 rings (SSSR count). The van der Waals surface area contributed by atoms with E-state index in [0.717, 1.165) is 70.6 Å². The summed E-state index contributed by atoms with van der Waals surface area (Å²) in [7, 11) is 0. The van der Waals surface area contributed by atoms with Crippen molar-refractivity contribution in [1.82, 2.24) is 5.32 Å². The minimum absolute atomic E-state index is 0.238. The van der Waals surface area contributed by atoms with Crippen LogP contribution in [0.2, 0.25) is 0 Å². The van der Waals surface area contributed by atoms with E-state index < -0.39 is 86.8 Å². The first-order valence-corrected chi connectivity index (χ1v) is 33.7. The zero-order valence-corrected chi connectivity index (χ0v) is 52.2. The highest BCUT2D eigenvalue weighted by atomic mass is 16.7. The van der Waals surface area contributed by atoms with Crippen LogP contribution in [0.1, 0.15) is 264 Å². The van der Waals surface area contributed by atoms with Crippen molar-refractivity contribution in [2.75, 3.05) is 19.8 Å². The summed E-state index contributed by atoms with van der Waals surface area (Å²) in [5.74, 6) is -0.238. The molecule has 2 aliphatic rings. The number of carbonyl (C=O) groups excluding carboxylic acids is 1. The highest BCUT2D eigenvalue weighted by molar-refractivity contribution is 5.76. The van der Waals surface area contributed by atoms with Crippen molar-refractivity contribution >= 4 is 5.91 Å². The molecule has 14 heteroatoms. The van der Waals surface area contributed by atoms with Gasteiger partial charge < -0.3 is 65.1 Å². The van der Waals surface area contributed by atoms with E-state index in [2.05, 4.69) is 79.9 Å². The molecule has 0 aliphatic carbocycles. The molecule has 2 heterocycles. The zero-order valence-electron chi connectivity index (χ0n) is 52.2. The molecular weight excluding hydrogens is 1050 g/mol. The predicted octanol–water partition coefficient (Wildman–Crippen LogP) is 13.1. The normalized spacial score (nSPS) is 24.3. The first-order valence-electron chi connectivity index (χ1n) is 33.7. The number of carbonyl (C=O) groups is 1. The number of allylic oxidation sites excluding steroid dienone is 11. The average molecular weight is 1170 g/mol. The number of unbranched alkanes of at least 4 members (excludes halogenated alkanes) is 31. The van der Waals surface area contributed by atoms with Gasteiger partial charge in [0.05, 0.1) is 32.0 Å². The summed E-state index contributed by atoms with van der Waals surface area (Å²) < 4.78 is 22.8. The van der Waals surface area contributed by atoms with Crippen molar-refractivity contribution in [2.45, 2.75) is 338 Å². The van der Waals surface area contributed by atoms with Crippen molar-refractivity contribution in [3.63, 3.8) is 0 Å². The van der Waals surface area contributed by atoms with E-state index in [1.54, 1.807) is 6.08 Å². The van der Waals surface area contributed by atoms with Crippen molar-refractivity contribution in [1.29, 1.82) is 0 Å². The fourth-order valence-electron chi connectivity index (χ4n) is 10.8. The third-order valence-electron chi connectivity index (χ3n) is 16.1. The Morgan fingerprint density at radius 2 is 0.831 bits per heavy atom. The molecule has 0 aromatic rings. The van der Waals surface area contributed by atoms with Crippen molar-refractivity contribution in [2.24, 2.45) is 0 Å². The molecule has 12 atom stereocenters. The van der Waals surface area contributed by atoms with E-state index >= 15 is 0 Å². The first-order chi connectivity index (χ1) is 40.6. The lowest BCUT2D eigenvalue weighted by Gasteiger charge is -2.46. The number of hydrogen-bond acceptors (Lipinski definition) is 13. The summed E-state index contributed by atoms with van der Waals surface area (Å²) in [5, 5.41) is 87.1. The van der Waals surface area contributed by atoms with Crippen LogP contribution in [0.3, 0.4) is 0 Å². The van der Waals surface area contributed by atoms with Gasteiger partial charge in [0.25, 0.3) is 0 Å². The molecule has 0 aromatic carbocycles. The molecule has 0 radical (unpaired) electrons. The van der Waals surface area contributed by atoms with Gasteiger partial charge in [0.15, 0.2) is 12.6 Å². The van der Waals surface area contributed by atoms with Crippen LogP contribution in [0.25, 0.3) is 0 Å². The lowest BCUT2D eigenvalue weighted by Crippen LogP contribution is -2.65. The summed E-state index contributed by atoms with van der Waals surface area (Å²) >= 11 is 0. The maximum Gasteiger partial charge on any atom is 0.220 e. The third-order valence-corrected chi connectivity index (χ3v) is 16.1. The topological polar surface area (TPSA) is 228 Å². The quantitative estimate of drug-likeness (QED) is 0.0204. The molecule has 1 amide bonds. The monoisotopic (exact) mass is 1170 g/mol. The maximum absolute atomic E-state index is 13.3. The van der Waals surface area contributed by atoms with Gasteiger partial charge in [-0.05, 0) is 64.2 Å². The van der Waals surface area contributed by atoms with Gasteiger partial charge in [-0.3, -0.25) is 4.79 Å². The van der Waals surface area contributed by atoms with Gasteiger partial charge in [-0.25, -0.2) is 0 Å². The number of rotatable bonds is 54. The fraction of sp³-hybridized carbons (Fsp3) is 0.812. The largest absolute Gasteiger partial charge is 0.394 e. The molecule has 0 spiro atoms. The van der Waals surface area contributed by atoms with Gasteiger partial charge in [-0.1, -0.05) is 267 Å². The smallest absolute Gasteiger partial charge is 0.220 e. The number of hydrogen-bond donors (Lipinski definition) is 9. The molecule has 2 aliphatic heterocycles. The average Bonchev–Trinajstić information content (AvgIpc) is 3.58. The van der Waals surface area contributed by atoms with Crippen LogP contribution < -0.4 is 5.32 Å². The van der Waals surface area contributed by atoms with Crippen LogP contribution in [-0.4, -0.2) is 140 Å². The number of aliphatic hydroxyl groups is 8. The molecule has 0 aromatic heterocycles. The molecule has 0 saturated carbocycles. The van der Waals surface area contributed by atoms with Crippen LogP contribution in [0.4, 0.5) is 0 Å². The van der Waals surface area contributed by atoms with E-state index in [1.807, 2.05) is 6.08 Å². The predicted molar refractivity (Wildman–Crippen MR) is 337 cm³/mol. The molecule has 0 bridgehead atoms. The summed E-state index contributed by atoms with van der Waals surface area (Å²) in [5.41, 5.74) is 0. The second-order valence-electron chi connectivity index (χ2n) is 23.6. The highest BCUT2D eigenvalue weighted by Crippen LogP contribution is 2.30. The van der Waals surface area contributed by atoms with Crippen molar-refractivity contribution in [3.8, 4) is 0 Å². The van der Waals surface area contributed by atoms with Gasteiger partial charge in [0.2, 0.25) is 5.91 Å². The Labute approximate surface area is 504 Å². The summed E-state index contributed by atoms with van der Waals surface area (Å²) in [6, 6.07) is -0.914. The van der Waals surface area contributed by atoms with E-state index in [-0.39, 0.29) is 18.9 Å². The second-order valence-corrected chi connectivity index (χ2v) is 23.6. The van der Waals surface area contributed by atoms with Gasteiger partial charge in [0, 0.05) is 6.42 Å². The van der Waals surface area contributed by atoms with Gasteiger partial charge in [-0.15, -0.1) is 0 Å². The molecule has 9 N–H and O–H groups in total. The Morgan fingerprint density at radius 3 is 1.28 bits per heavy atom. The minimum atomic E-state index is -1.79. The Bertz CT molecular complexity index is 1670. The van der Waals surface area contributed by atoms with E-state index in [0.29, 0.717) is 6.42 Å². The number of amides is 1. The Kier molecular flexibility index (Phi) is 49.5. The molecule has 12 unspecified atom stereocenters. The fourth-order valence-corrected chi connectivity index (χ4v) is 10.8. The SMILES string of the molecule is CC/C=C\C/C=C\C/C=C\C/C=C\C/C=C\CCCCCCCCCCCCCCCCCCCCCCCC(=O)NC(COC1OC(CO)C(OC2OC(CO)C(O)C(O)C2O)C(O)C1O)C(O)/C=C/CCCCCCCCCCCC. The van der Waals surface area contributed by atoms with Crippen molar-refractivity contribution in [3.05, 3.63) is 72.9 Å². The lowest BCUT2D eigenvalue weighted by molar-refractivity contribution is -0.359. The van der Waals surface area contributed by atoms with Crippen LogP contribution in [0.15, 0.2) is 72.9 Å². The van der Waals surface area contributed by atoms with Crippen LogP contribution >= 0.6 is 0 Å². The van der Waals surface area contributed by atoms with E-state index in [1.165, 1.54) is 167 Å². The Hall–Kier alpha value is -2.57. The zero-order chi connectivity index (χ0) is 60.2. The summed E-state index contributed by atoms with van der Waals surface area (Å²) in [4.78, 5) is 13.3. The summed E-state index contributed by atoms with van der Waals surface area (Å²) in [6.07, 6.45) is 55.5. The molecule has 482 valence electrons. The van der Waals surface area contributed by atoms with Crippen molar-refractivity contribution < 1.29 is 64.6 Å². The minimum Gasteiger partial charge on any atom is -0.394 e.